The number of hydrogen-bond donors (Lipinski definition) is 2. The van der Waals surface area contributed by atoms with E-state index in [2.05, 4.69) is 149 Å². The number of carbonyl (C=O) groups is 2. The molecule has 0 atom stereocenters. The van der Waals surface area contributed by atoms with Gasteiger partial charge in [0.25, 0.3) is 0 Å². The summed E-state index contributed by atoms with van der Waals surface area (Å²) in [5.41, 5.74) is 1.77. The second-order valence-electron chi connectivity index (χ2n) is 25.1. The molecule has 0 bridgehead atoms. The summed E-state index contributed by atoms with van der Waals surface area (Å²) in [5, 5.41) is 24.2. The van der Waals surface area contributed by atoms with Gasteiger partial charge in [-0.15, -0.1) is 0 Å². The minimum atomic E-state index is -0.371. The third-order valence-corrected chi connectivity index (χ3v) is 14.9. The predicted molar refractivity (Wildman–Crippen MR) is 252 cm³/mol. The van der Waals surface area contributed by atoms with Crippen LogP contribution in [0.25, 0.3) is 0 Å². The molecule has 4 rings (SSSR count). The van der Waals surface area contributed by atoms with Gasteiger partial charge in [0.05, 0.1) is 22.6 Å². The largest absolute Gasteiger partial charge is 0.506 e. The van der Waals surface area contributed by atoms with Crippen molar-refractivity contribution in [2.75, 3.05) is 14.1 Å². The number of aromatic hydroxyl groups is 2. The van der Waals surface area contributed by atoms with Crippen LogP contribution in [-0.4, -0.2) is 80.4 Å². The molecular formula is C52H84N2O6S. The number of phenols is 2. The van der Waals surface area contributed by atoms with Gasteiger partial charge in [-0.05, 0) is 127 Å². The van der Waals surface area contributed by atoms with Crippen LogP contribution in [0.3, 0.4) is 0 Å². The number of benzene rings is 2. The lowest BCUT2D eigenvalue weighted by molar-refractivity contribution is -0.159. The van der Waals surface area contributed by atoms with Crippen molar-refractivity contribution in [3.63, 3.8) is 0 Å². The number of ether oxygens (including phenoxy) is 2. The van der Waals surface area contributed by atoms with Crippen LogP contribution in [0, 0.1) is 10.8 Å². The summed E-state index contributed by atoms with van der Waals surface area (Å²) in [6.45, 7) is 39.6. The summed E-state index contributed by atoms with van der Waals surface area (Å²) in [5.74, 6) is -0.754. The molecule has 8 nitrogen and oxygen atoms in total. The Kier molecular flexibility index (Phi) is 14.5. The Morgan fingerprint density at radius 1 is 0.574 bits per heavy atom. The van der Waals surface area contributed by atoms with Crippen molar-refractivity contribution in [3.8, 4) is 11.5 Å². The van der Waals surface area contributed by atoms with E-state index in [1.54, 1.807) is 0 Å². The Labute approximate surface area is 375 Å². The van der Waals surface area contributed by atoms with E-state index in [4.69, 9.17) is 9.47 Å². The van der Waals surface area contributed by atoms with Crippen LogP contribution in [0.1, 0.15) is 185 Å². The van der Waals surface area contributed by atoms with E-state index in [1.165, 1.54) is 11.8 Å². The Balaban J connectivity index is 1.78. The van der Waals surface area contributed by atoms with E-state index >= 15 is 0 Å². The average molecular weight is 865 g/mol. The van der Waals surface area contributed by atoms with Crippen LogP contribution in [0.2, 0.25) is 0 Å². The summed E-state index contributed by atoms with van der Waals surface area (Å²) in [7, 11) is 4.26. The normalized spacial score (nSPS) is 20.4. The first-order valence-electron chi connectivity index (χ1n) is 22.6. The number of nitrogens with zero attached hydrogens (tertiary/aromatic N) is 2. The van der Waals surface area contributed by atoms with Crippen LogP contribution in [0.15, 0.2) is 34.1 Å². The second kappa shape index (κ2) is 17.3. The van der Waals surface area contributed by atoms with Crippen LogP contribution in [0.5, 0.6) is 11.5 Å². The highest BCUT2D eigenvalue weighted by atomic mass is 32.2. The molecule has 2 aromatic rings. The average Bonchev–Trinajstić information content (AvgIpc) is 3.03. The minimum Gasteiger partial charge on any atom is -0.506 e. The molecule has 2 fully saturated rings. The number of likely N-dealkylation sites (tertiary alicyclic amines) is 2. The van der Waals surface area contributed by atoms with Gasteiger partial charge in [0.15, 0.2) is 0 Å². The zero-order valence-electron chi connectivity index (χ0n) is 42.0. The van der Waals surface area contributed by atoms with Crippen molar-refractivity contribution in [3.05, 3.63) is 46.5 Å². The van der Waals surface area contributed by atoms with E-state index in [9.17, 15) is 19.8 Å². The predicted octanol–water partition coefficient (Wildman–Crippen LogP) is 12.2. The van der Waals surface area contributed by atoms with Crippen LogP contribution in [-0.2, 0) is 42.7 Å². The molecule has 2 aliphatic heterocycles. The van der Waals surface area contributed by atoms with Gasteiger partial charge in [0, 0.05) is 59.0 Å². The molecule has 9 heteroatoms. The lowest BCUT2D eigenvalue weighted by Crippen LogP contribution is -2.60. The second-order valence-corrected chi connectivity index (χ2v) is 26.2. The highest BCUT2D eigenvalue weighted by molar-refractivity contribution is 7.99. The van der Waals surface area contributed by atoms with Gasteiger partial charge in [0.2, 0.25) is 0 Å². The molecule has 2 heterocycles. The standard InChI is InChI=1S/C52H84N2O6S/c1-45(2,3)31-47(7,8)35-21-33(23-41(55)59-37-27-49(11,12)53(19)50(13,14)28-37)43(57)39(25-35)61-40-26-36(48(9,10)32-46(4,5)6)22-34(44(40)58)24-42(56)60-38-29-51(15,16)54(20)52(17,18)30-38/h21-22,25-26,37-38,57-58H,23-24,27-32H2,1-20H3. The van der Waals surface area contributed by atoms with Crippen molar-refractivity contribution in [2.24, 2.45) is 10.8 Å². The van der Waals surface area contributed by atoms with Crippen molar-refractivity contribution < 1.29 is 29.3 Å². The van der Waals surface area contributed by atoms with E-state index < -0.39 is 0 Å². The Hall–Kier alpha value is -2.75. The van der Waals surface area contributed by atoms with E-state index in [0.717, 1.165) is 49.7 Å². The highest BCUT2D eigenvalue weighted by Gasteiger charge is 2.46. The molecule has 0 spiro atoms. The van der Waals surface area contributed by atoms with Gasteiger partial charge in [-0.25, -0.2) is 0 Å². The Bertz CT molecular complexity index is 1750. The summed E-state index contributed by atoms with van der Waals surface area (Å²) in [4.78, 5) is 33.5. The van der Waals surface area contributed by atoms with Crippen LogP contribution < -0.4 is 0 Å². The topological polar surface area (TPSA) is 99.5 Å². The quantitative estimate of drug-likeness (QED) is 0.202. The zero-order valence-corrected chi connectivity index (χ0v) is 42.8. The molecule has 0 aliphatic carbocycles. The lowest BCUT2D eigenvalue weighted by Gasteiger charge is -2.53. The molecule has 2 aromatic carbocycles. The zero-order chi connectivity index (χ0) is 46.7. The van der Waals surface area contributed by atoms with Crippen molar-refractivity contribution >= 4 is 23.7 Å². The number of rotatable bonds is 12. The number of carbonyl (C=O) groups excluding carboxylic acids is 2. The van der Waals surface area contributed by atoms with Gasteiger partial charge in [0.1, 0.15) is 23.7 Å². The molecule has 2 aliphatic rings. The summed E-state index contributed by atoms with van der Waals surface area (Å²) < 4.78 is 12.4. The van der Waals surface area contributed by atoms with Crippen molar-refractivity contribution in [1.29, 1.82) is 0 Å². The molecule has 0 unspecified atom stereocenters. The molecule has 61 heavy (non-hydrogen) atoms. The number of piperidine rings is 2. The number of hydrogen-bond acceptors (Lipinski definition) is 9. The first-order chi connectivity index (χ1) is 27.3. The third-order valence-electron chi connectivity index (χ3n) is 13.8. The molecule has 2 N–H and O–H groups in total. The smallest absolute Gasteiger partial charge is 0.310 e. The van der Waals surface area contributed by atoms with Gasteiger partial charge in [-0.1, -0.05) is 93.1 Å². The third kappa shape index (κ3) is 12.7. The Morgan fingerprint density at radius 2 is 0.852 bits per heavy atom. The van der Waals surface area contributed by atoms with Crippen molar-refractivity contribution in [2.45, 2.75) is 231 Å². The fourth-order valence-electron chi connectivity index (χ4n) is 11.0. The summed E-state index contributed by atoms with van der Waals surface area (Å²) >= 11 is 1.28. The number of esters is 2. The maximum atomic E-state index is 13.9. The Morgan fingerprint density at radius 3 is 1.11 bits per heavy atom. The van der Waals surface area contributed by atoms with E-state index in [0.29, 0.717) is 20.9 Å². The van der Waals surface area contributed by atoms with Gasteiger partial charge < -0.3 is 19.7 Å². The summed E-state index contributed by atoms with van der Waals surface area (Å²) in [6, 6.07) is 7.94. The van der Waals surface area contributed by atoms with Gasteiger partial charge >= 0.3 is 11.9 Å². The molecule has 0 saturated carbocycles. The maximum absolute atomic E-state index is 13.9. The highest BCUT2D eigenvalue weighted by Crippen LogP contribution is 2.48. The maximum Gasteiger partial charge on any atom is 0.310 e. The van der Waals surface area contributed by atoms with Crippen molar-refractivity contribution in [1.82, 2.24) is 9.80 Å². The van der Waals surface area contributed by atoms with E-state index in [-0.39, 0.29) is 92.3 Å². The minimum absolute atomic E-state index is 0.00601. The van der Waals surface area contributed by atoms with E-state index in [1.807, 2.05) is 24.3 Å². The van der Waals surface area contributed by atoms with Crippen LogP contribution in [0.4, 0.5) is 0 Å². The first kappa shape index (κ1) is 50.9. The molecular weight excluding hydrogens is 781 g/mol. The van der Waals surface area contributed by atoms with Crippen LogP contribution >= 0.6 is 11.8 Å². The lowest BCUT2D eigenvalue weighted by atomic mass is 9.72. The van der Waals surface area contributed by atoms with Gasteiger partial charge in [-0.2, -0.15) is 0 Å². The first-order valence-corrected chi connectivity index (χ1v) is 23.4. The molecule has 0 radical (unpaired) electrons. The molecule has 0 amide bonds. The monoisotopic (exact) mass is 865 g/mol. The molecule has 344 valence electrons. The molecule has 2 saturated heterocycles. The number of phenolic OH excluding ortho intramolecular Hbond substituents is 2. The van der Waals surface area contributed by atoms with Gasteiger partial charge in [-0.3, -0.25) is 19.4 Å². The fourth-order valence-corrected chi connectivity index (χ4v) is 12.1. The summed E-state index contributed by atoms with van der Waals surface area (Å²) in [6.07, 6.45) is 3.93. The SMILES string of the molecule is CN1C(C)(C)CC(OC(=O)Cc2cc(C(C)(C)CC(C)(C)C)cc(Sc3cc(C(C)(C)CC(C)(C)C)cc(CC(=O)OC4CC(C)(C)N(C)C(C)(C)C4)c3O)c2O)CC1(C)C. The molecule has 0 aromatic heterocycles. The fraction of sp³-hybridized carbons (Fsp3) is 0.731.